The van der Waals surface area contributed by atoms with Crippen LogP contribution in [0.3, 0.4) is 0 Å². The van der Waals surface area contributed by atoms with Gasteiger partial charge in [-0.2, -0.15) is 0 Å². The van der Waals surface area contributed by atoms with Gasteiger partial charge in [0.2, 0.25) is 0 Å². The SMILES string of the molecule is CCOCCCNC(=O)c1cnc(SC)n1-c1ccc(F)cc1. The average Bonchev–Trinajstić information content (AvgIpc) is 2.99. The molecule has 1 amide bonds. The van der Waals surface area contributed by atoms with Crippen LogP contribution < -0.4 is 5.32 Å². The summed E-state index contributed by atoms with van der Waals surface area (Å²) < 4.78 is 20.1. The molecular weight excluding hydrogens is 317 g/mol. The highest BCUT2D eigenvalue weighted by molar-refractivity contribution is 7.98. The van der Waals surface area contributed by atoms with Crippen molar-refractivity contribution in [1.82, 2.24) is 14.9 Å². The molecule has 0 saturated carbocycles. The monoisotopic (exact) mass is 337 g/mol. The summed E-state index contributed by atoms with van der Waals surface area (Å²) in [6, 6.07) is 5.98. The van der Waals surface area contributed by atoms with Gasteiger partial charge in [0.25, 0.3) is 5.91 Å². The van der Waals surface area contributed by atoms with E-state index in [0.717, 1.165) is 6.42 Å². The third-order valence-electron chi connectivity index (χ3n) is 3.18. The maximum absolute atomic E-state index is 13.1. The summed E-state index contributed by atoms with van der Waals surface area (Å²) in [7, 11) is 0. The first-order chi connectivity index (χ1) is 11.2. The minimum absolute atomic E-state index is 0.210. The summed E-state index contributed by atoms with van der Waals surface area (Å²) >= 11 is 1.43. The van der Waals surface area contributed by atoms with Gasteiger partial charge in [0, 0.05) is 25.4 Å². The number of rotatable bonds is 8. The number of nitrogens with zero attached hydrogens (tertiary/aromatic N) is 2. The van der Waals surface area contributed by atoms with Crippen LogP contribution in [-0.2, 0) is 4.74 Å². The van der Waals surface area contributed by atoms with Crippen molar-refractivity contribution in [3.8, 4) is 5.69 Å². The Morgan fingerprint density at radius 3 is 2.78 bits per heavy atom. The Morgan fingerprint density at radius 1 is 1.39 bits per heavy atom. The van der Waals surface area contributed by atoms with Crippen molar-refractivity contribution in [2.45, 2.75) is 18.5 Å². The van der Waals surface area contributed by atoms with Crippen molar-refractivity contribution in [2.24, 2.45) is 0 Å². The predicted molar refractivity (Wildman–Crippen MR) is 88.7 cm³/mol. The topological polar surface area (TPSA) is 56.1 Å². The van der Waals surface area contributed by atoms with Gasteiger partial charge in [-0.05, 0) is 43.9 Å². The smallest absolute Gasteiger partial charge is 0.269 e. The first-order valence-electron chi connectivity index (χ1n) is 7.41. The van der Waals surface area contributed by atoms with Crippen LogP contribution in [0.4, 0.5) is 4.39 Å². The van der Waals surface area contributed by atoms with E-state index >= 15 is 0 Å². The Morgan fingerprint density at radius 2 is 2.13 bits per heavy atom. The summed E-state index contributed by atoms with van der Waals surface area (Å²) in [5, 5.41) is 3.53. The number of ether oxygens (including phenoxy) is 1. The van der Waals surface area contributed by atoms with Crippen LogP contribution in [-0.4, -0.2) is 41.5 Å². The van der Waals surface area contributed by atoms with Crippen LogP contribution in [0.1, 0.15) is 23.8 Å². The molecule has 124 valence electrons. The zero-order valence-corrected chi connectivity index (χ0v) is 14.0. The molecule has 7 heteroatoms. The summed E-state index contributed by atoms with van der Waals surface area (Å²) in [4.78, 5) is 16.6. The van der Waals surface area contributed by atoms with E-state index in [1.807, 2.05) is 13.2 Å². The number of carbonyl (C=O) groups is 1. The molecule has 2 aromatic rings. The van der Waals surface area contributed by atoms with E-state index in [2.05, 4.69) is 10.3 Å². The Labute approximate surface area is 139 Å². The number of thioether (sulfide) groups is 1. The van der Waals surface area contributed by atoms with E-state index in [4.69, 9.17) is 4.74 Å². The second-order valence-corrected chi connectivity index (χ2v) is 5.52. The number of carbonyl (C=O) groups excluding carboxylic acids is 1. The van der Waals surface area contributed by atoms with E-state index < -0.39 is 0 Å². The molecule has 5 nitrogen and oxygen atoms in total. The lowest BCUT2D eigenvalue weighted by Crippen LogP contribution is -2.27. The van der Waals surface area contributed by atoms with Gasteiger partial charge >= 0.3 is 0 Å². The largest absolute Gasteiger partial charge is 0.382 e. The van der Waals surface area contributed by atoms with Gasteiger partial charge in [-0.1, -0.05) is 11.8 Å². The molecular formula is C16H20FN3O2S. The third kappa shape index (κ3) is 4.56. The van der Waals surface area contributed by atoms with Crippen molar-refractivity contribution < 1.29 is 13.9 Å². The standard InChI is InChI=1S/C16H20FN3O2S/c1-3-22-10-4-9-18-15(21)14-11-19-16(23-2)20(14)13-7-5-12(17)6-8-13/h5-8,11H,3-4,9-10H2,1-2H3,(H,18,21). The van der Waals surface area contributed by atoms with Crippen LogP contribution >= 0.6 is 11.8 Å². The zero-order chi connectivity index (χ0) is 16.7. The van der Waals surface area contributed by atoms with Gasteiger partial charge < -0.3 is 10.1 Å². The fourth-order valence-electron chi connectivity index (χ4n) is 2.09. The van der Waals surface area contributed by atoms with Crippen molar-refractivity contribution in [2.75, 3.05) is 26.0 Å². The van der Waals surface area contributed by atoms with E-state index in [1.165, 1.54) is 30.1 Å². The second kappa shape index (κ2) is 8.69. The lowest BCUT2D eigenvalue weighted by atomic mass is 10.3. The normalized spacial score (nSPS) is 10.7. The number of hydrogen-bond donors (Lipinski definition) is 1. The van der Waals surface area contributed by atoms with Gasteiger partial charge in [0.15, 0.2) is 5.16 Å². The molecule has 0 aliphatic rings. The van der Waals surface area contributed by atoms with Gasteiger partial charge in [-0.15, -0.1) is 0 Å². The number of imidazole rings is 1. The third-order valence-corrected chi connectivity index (χ3v) is 3.84. The number of halogens is 1. The summed E-state index contributed by atoms with van der Waals surface area (Å²) in [6.45, 7) is 3.75. The lowest BCUT2D eigenvalue weighted by Gasteiger charge is -2.11. The van der Waals surface area contributed by atoms with Gasteiger partial charge in [0.1, 0.15) is 11.5 Å². The maximum atomic E-state index is 13.1. The Hall–Kier alpha value is -1.86. The highest BCUT2D eigenvalue weighted by Crippen LogP contribution is 2.21. The molecule has 2 rings (SSSR count). The number of nitrogens with one attached hydrogen (secondary N) is 1. The molecule has 0 aliphatic carbocycles. The molecule has 0 aliphatic heterocycles. The molecule has 1 heterocycles. The van der Waals surface area contributed by atoms with Gasteiger partial charge in [0.05, 0.1) is 6.20 Å². The molecule has 1 aromatic heterocycles. The van der Waals surface area contributed by atoms with E-state index in [1.54, 1.807) is 16.7 Å². The first kappa shape index (κ1) is 17.5. The van der Waals surface area contributed by atoms with E-state index in [9.17, 15) is 9.18 Å². The summed E-state index contributed by atoms with van der Waals surface area (Å²) in [6.07, 6.45) is 4.17. The summed E-state index contributed by atoms with van der Waals surface area (Å²) in [5.41, 5.74) is 1.13. The van der Waals surface area contributed by atoms with E-state index in [-0.39, 0.29) is 11.7 Å². The molecule has 0 fully saturated rings. The predicted octanol–water partition coefficient (Wildman–Crippen LogP) is 2.89. The second-order valence-electron chi connectivity index (χ2n) is 4.75. The molecule has 1 N–H and O–H groups in total. The first-order valence-corrected chi connectivity index (χ1v) is 8.63. The molecule has 0 unspecified atom stereocenters. The Bertz CT molecular complexity index is 643. The Balaban J connectivity index is 2.14. The summed E-state index contributed by atoms with van der Waals surface area (Å²) in [5.74, 6) is -0.528. The zero-order valence-electron chi connectivity index (χ0n) is 13.2. The number of aromatic nitrogens is 2. The molecule has 0 atom stereocenters. The van der Waals surface area contributed by atoms with Crippen molar-refractivity contribution in [3.63, 3.8) is 0 Å². The lowest BCUT2D eigenvalue weighted by molar-refractivity contribution is 0.0937. The van der Waals surface area contributed by atoms with Crippen LogP contribution in [0.25, 0.3) is 5.69 Å². The van der Waals surface area contributed by atoms with Gasteiger partial charge in [-0.25, -0.2) is 9.37 Å². The molecule has 0 spiro atoms. The van der Waals surface area contributed by atoms with Crippen molar-refractivity contribution in [1.29, 1.82) is 0 Å². The maximum Gasteiger partial charge on any atom is 0.269 e. The molecule has 0 radical (unpaired) electrons. The van der Waals surface area contributed by atoms with Crippen LogP contribution in [0.2, 0.25) is 0 Å². The Kier molecular flexibility index (Phi) is 6.61. The average molecular weight is 337 g/mol. The van der Waals surface area contributed by atoms with Gasteiger partial charge in [-0.3, -0.25) is 9.36 Å². The number of amides is 1. The van der Waals surface area contributed by atoms with Crippen LogP contribution in [0, 0.1) is 5.82 Å². The number of benzene rings is 1. The fourth-order valence-corrected chi connectivity index (χ4v) is 2.63. The molecule has 23 heavy (non-hydrogen) atoms. The molecule has 0 bridgehead atoms. The van der Waals surface area contributed by atoms with E-state index in [0.29, 0.717) is 36.3 Å². The van der Waals surface area contributed by atoms with Crippen molar-refractivity contribution >= 4 is 17.7 Å². The quantitative estimate of drug-likeness (QED) is 0.594. The number of hydrogen-bond acceptors (Lipinski definition) is 4. The van der Waals surface area contributed by atoms with Crippen LogP contribution in [0.5, 0.6) is 0 Å². The minimum atomic E-state index is -0.318. The minimum Gasteiger partial charge on any atom is -0.382 e. The highest BCUT2D eigenvalue weighted by Gasteiger charge is 2.17. The van der Waals surface area contributed by atoms with Crippen LogP contribution in [0.15, 0.2) is 35.6 Å². The molecule has 0 saturated heterocycles. The fraction of sp³-hybridized carbons (Fsp3) is 0.375. The van der Waals surface area contributed by atoms with Crippen molar-refractivity contribution in [3.05, 3.63) is 42.0 Å². The highest BCUT2D eigenvalue weighted by atomic mass is 32.2. The molecule has 1 aromatic carbocycles.